The molecule has 1 aromatic carbocycles. The van der Waals surface area contributed by atoms with E-state index in [0.29, 0.717) is 0 Å². The van der Waals surface area contributed by atoms with Crippen LogP contribution in [0.25, 0.3) is 10.9 Å². The van der Waals surface area contributed by atoms with Gasteiger partial charge < -0.3 is 15.0 Å². The van der Waals surface area contributed by atoms with Gasteiger partial charge in [-0.2, -0.15) is 0 Å². The van der Waals surface area contributed by atoms with E-state index in [1.165, 1.54) is 6.92 Å². The van der Waals surface area contributed by atoms with E-state index < -0.39 is 17.9 Å². The van der Waals surface area contributed by atoms with Gasteiger partial charge in [0.1, 0.15) is 11.8 Å². The van der Waals surface area contributed by atoms with E-state index in [1.807, 2.05) is 54.9 Å². The van der Waals surface area contributed by atoms with Crippen molar-refractivity contribution in [2.24, 2.45) is 17.6 Å². The first-order valence-electron chi connectivity index (χ1n) is 7.38. The van der Waals surface area contributed by atoms with Gasteiger partial charge in [0, 0.05) is 12.1 Å². The van der Waals surface area contributed by atoms with Crippen molar-refractivity contribution in [1.82, 2.24) is 4.57 Å². The van der Waals surface area contributed by atoms with Crippen LogP contribution in [0.4, 0.5) is 0 Å². The van der Waals surface area contributed by atoms with Crippen molar-refractivity contribution < 1.29 is 14.3 Å². The van der Waals surface area contributed by atoms with Gasteiger partial charge in [-0.05, 0) is 30.4 Å². The Morgan fingerprint density at radius 3 is 2.55 bits per heavy atom. The number of aromatic nitrogens is 1. The number of hydrogen-bond acceptors (Lipinski definition) is 4. The summed E-state index contributed by atoms with van der Waals surface area (Å²) in [6, 6.07) is 8.85. The van der Waals surface area contributed by atoms with E-state index in [9.17, 15) is 9.59 Å². The summed E-state index contributed by atoms with van der Waals surface area (Å²) < 4.78 is 7.12. The van der Waals surface area contributed by atoms with Crippen LogP contribution in [-0.2, 0) is 21.1 Å². The van der Waals surface area contributed by atoms with Crippen molar-refractivity contribution in [3.63, 3.8) is 0 Å². The maximum Gasteiger partial charge on any atom is 0.325 e. The number of nitrogens with two attached hydrogens (primary N) is 1. The number of hydrogen-bond donors (Lipinski definition) is 1. The van der Waals surface area contributed by atoms with Gasteiger partial charge in [0.25, 0.3) is 0 Å². The number of carbonyl (C=O) groups is 2. The highest BCUT2D eigenvalue weighted by Crippen LogP contribution is 2.18. The normalized spacial score (nSPS) is 14.0. The van der Waals surface area contributed by atoms with E-state index in [-0.39, 0.29) is 18.4 Å². The molecule has 2 N–H and O–H groups in total. The van der Waals surface area contributed by atoms with Gasteiger partial charge >= 0.3 is 5.97 Å². The highest BCUT2D eigenvalue weighted by atomic mass is 16.5. The van der Waals surface area contributed by atoms with Gasteiger partial charge in [-0.3, -0.25) is 9.59 Å². The molecule has 22 heavy (non-hydrogen) atoms. The first-order valence-corrected chi connectivity index (χ1v) is 7.38. The molecule has 2 atom stereocenters. The lowest BCUT2D eigenvalue weighted by Gasteiger charge is -2.23. The summed E-state index contributed by atoms with van der Waals surface area (Å²) in [5.41, 5.74) is 6.89. The molecule has 1 aromatic heterocycles. The van der Waals surface area contributed by atoms with Gasteiger partial charge in [-0.25, -0.2) is 0 Å². The van der Waals surface area contributed by atoms with Crippen molar-refractivity contribution in [2.75, 3.05) is 0 Å². The van der Waals surface area contributed by atoms with Crippen LogP contribution in [0.5, 0.6) is 0 Å². The Morgan fingerprint density at radius 2 is 1.91 bits per heavy atom. The summed E-state index contributed by atoms with van der Waals surface area (Å²) in [5, 5.41) is 1.08. The molecular weight excluding hydrogens is 280 g/mol. The fraction of sp³-hybridized carbons (Fsp3) is 0.412. The average molecular weight is 302 g/mol. The zero-order valence-corrected chi connectivity index (χ0v) is 13.2. The minimum absolute atomic E-state index is 0.00698. The van der Waals surface area contributed by atoms with Crippen LogP contribution in [-0.4, -0.2) is 22.4 Å². The van der Waals surface area contributed by atoms with Crippen LogP contribution in [0.15, 0.2) is 36.5 Å². The summed E-state index contributed by atoms with van der Waals surface area (Å²) in [7, 11) is 0. The number of para-hydroxylation sites is 1. The van der Waals surface area contributed by atoms with E-state index in [0.717, 1.165) is 10.9 Å². The number of ether oxygens (including phenoxy) is 1. The topological polar surface area (TPSA) is 74.3 Å². The molecule has 5 nitrogen and oxygen atoms in total. The molecule has 5 heteroatoms. The Labute approximate surface area is 130 Å². The molecule has 1 heterocycles. The molecule has 0 bridgehead atoms. The van der Waals surface area contributed by atoms with Crippen LogP contribution < -0.4 is 5.73 Å². The first-order chi connectivity index (χ1) is 10.4. The van der Waals surface area contributed by atoms with E-state index in [4.69, 9.17) is 10.5 Å². The Morgan fingerprint density at radius 1 is 1.23 bits per heavy atom. The number of benzene rings is 1. The fourth-order valence-corrected chi connectivity index (χ4v) is 2.77. The zero-order chi connectivity index (χ0) is 16.3. The molecule has 0 saturated heterocycles. The third-order valence-corrected chi connectivity index (χ3v) is 3.87. The second kappa shape index (κ2) is 6.75. The zero-order valence-electron chi connectivity index (χ0n) is 13.2. The van der Waals surface area contributed by atoms with Crippen LogP contribution in [0.2, 0.25) is 0 Å². The average Bonchev–Trinajstić information content (AvgIpc) is 2.87. The molecule has 1 unspecified atom stereocenters. The van der Waals surface area contributed by atoms with Gasteiger partial charge in [0.15, 0.2) is 6.73 Å². The Balaban J connectivity index is 2.04. The molecule has 2 rings (SSSR count). The lowest BCUT2D eigenvalue weighted by atomic mass is 9.86. The minimum Gasteiger partial charge on any atom is -0.443 e. The molecule has 0 amide bonds. The lowest BCUT2D eigenvalue weighted by Crippen LogP contribution is -2.45. The summed E-state index contributed by atoms with van der Waals surface area (Å²) in [5.74, 6) is -1.17. The molecule has 0 spiro atoms. The number of rotatable bonds is 6. The monoisotopic (exact) mass is 302 g/mol. The van der Waals surface area contributed by atoms with E-state index >= 15 is 0 Å². The van der Waals surface area contributed by atoms with Crippen molar-refractivity contribution in [1.29, 1.82) is 0 Å². The van der Waals surface area contributed by atoms with Gasteiger partial charge in [0.2, 0.25) is 0 Å². The molecule has 0 saturated carbocycles. The van der Waals surface area contributed by atoms with Crippen molar-refractivity contribution in [3.05, 3.63) is 36.5 Å². The number of esters is 1. The lowest BCUT2D eigenvalue weighted by molar-refractivity contribution is -0.152. The molecule has 2 aromatic rings. The molecule has 0 fully saturated rings. The maximum absolute atomic E-state index is 12.1. The molecule has 0 aliphatic carbocycles. The van der Waals surface area contributed by atoms with E-state index in [1.54, 1.807) is 0 Å². The number of ketones is 1. The van der Waals surface area contributed by atoms with Crippen molar-refractivity contribution in [2.45, 2.75) is 33.5 Å². The summed E-state index contributed by atoms with van der Waals surface area (Å²) in [6.45, 7) is 5.29. The van der Waals surface area contributed by atoms with Crippen LogP contribution >= 0.6 is 0 Å². The third kappa shape index (κ3) is 3.36. The summed E-state index contributed by atoms with van der Waals surface area (Å²) in [6.07, 6.45) is 1.86. The van der Waals surface area contributed by atoms with Gasteiger partial charge in [0.05, 0.1) is 5.52 Å². The molecule has 0 radical (unpaired) electrons. The Kier molecular flexibility index (Phi) is 4.98. The van der Waals surface area contributed by atoms with Crippen LogP contribution in [0.1, 0.15) is 20.8 Å². The quantitative estimate of drug-likeness (QED) is 0.831. The van der Waals surface area contributed by atoms with Crippen LogP contribution in [0, 0.1) is 11.8 Å². The fourth-order valence-electron chi connectivity index (χ4n) is 2.77. The smallest absolute Gasteiger partial charge is 0.325 e. The number of Topliss-reactive ketones (excluding diaryl/α,β-unsaturated/α-hetero) is 1. The second-order valence-corrected chi connectivity index (χ2v) is 5.84. The Hall–Kier alpha value is -2.14. The largest absolute Gasteiger partial charge is 0.443 e. The maximum atomic E-state index is 12.1. The number of nitrogens with zero attached hydrogens (tertiary/aromatic N) is 1. The standard InChI is InChI=1S/C17H22N2O3/c1-11(2)15(12(3)20)16(18)17(21)22-10-19-9-8-13-6-4-5-7-14(13)19/h4-9,11,15-16H,10,18H2,1-3H3/t15?,16-/m0/s1. The van der Waals surface area contributed by atoms with E-state index in [2.05, 4.69) is 0 Å². The number of carbonyl (C=O) groups excluding carboxylic acids is 2. The van der Waals surface area contributed by atoms with Gasteiger partial charge in [-0.15, -0.1) is 0 Å². The first kappa shape index (κ1) is 16.2. The predicted molar refractivity (Wildman–Crippen MR) is 85.0 cm³/mol. The Bertz CT molecular complexity index is 675. The summed E-state index contributed by atoms with van der Waals surface area (Å²) >= 11 is 0. The molecule has 0 aliphatic rings. The highest BCUT2D eigenvalue weighted by Gasteiger charge is 2.32. The molecule has 0 aliphatic heterocycles. The SMILES string of the molecule is CC(=O)C(C(C)C)[C@H](N)C(=O)OCn1ccc2ccccc21. The second-order valence-electron chi connectivity index (χ2n) is 5.84. The van der Waals surface area contributed by atoms with Crippen molar-refractivity contribution in [3.8, 4) is 0 Å². The predicted octanol–water partition coefficient (Wildman–Crippen LogP) is 2.33. The molecule has 118 valence electrons. The van der Waals surface area contributed by atoms with Crippen molar-refractivity contribution >= 4 is 22.7 Å². The molecular formula is C17H22N2O3. The highest BCUT2D eigenvalue weighted by molar-refractivity contribution is 5.87. The number of fused-ring (bicyclic) bond motifs is 1. The van der Waals surface area contributed by atoms with Crippen LogP contribution in [0.3, 0.4) is 0 Å². The van der Waals surface area contributed by atoms with Gasteiger partial charge in [-0.1, -0.05) is 32.0 Å². The minimum atomic E-state index is -0.931. The third-order valence-electron chi connectivity index (χ3n) is 3.87. The summed E-state index contributed by atoms with van der Waals surface area (Å²) in [4.78, 5) is 23.8.